The summed E-state index contributed by atoms with van der Waals surface area (Å²) in [6.07, 6.45) is 0. The van der Waals surface area contributed by atoms with Crippen molar-refractivity contribution in [2.45, 2.75) is 51.7 Å². The standard InChI is InChI=1S/C13H26N4O3S/c1-6-20-13(4,5)9-15-21(18,19)12-10(2)16-17(8-7-14)11(12)3/h15H,6-9,14H2,1-5H3. The third-order valence-corrected chi connectivity index (χ3v) is 4.80. The van der Waals surface area contributed by atoms with Gasteiger partial charge in [-0.1, -0.05) is 0 Å². The molecule has 0 bridgehead atoms. The molecule has 1 rings (SSSR count). The Kier molecular flexibility index (Phi) is 5.92. The Morgan fingerprint density at radius 3 is 2.52 bits per heavy atom. The maximum absolute atomic E-state index is 12.5. The first-order valence-electron chi connectivity index (χ1n) is 7.02. The lowest BCUT2D eigenvalue weighted by Gasteiger charge is -2.24. The molecule has 0 aliphatic heterocycles. The highest BCUT2D eigenvalue weighted by Gasteiger charge is 2.27. The second-order valence-corrected chi connectivity index (χ2v) is 7.23. The van der Waals surface area contributed by atoms with Gasteiger partial charge in [0.15, 0.2) is 0 Å². The first-order chi connectivity index (χ1) is 9.64. The van der Waals surface area contributed by atoms with E-state index in [1.54, 1.807) is 18.5 Å². The fraction of sp³-hybridized carbons (Fsp3) is 0.769. The van der Waals surface area contributed by atoms with Gasteiger partial charge in [-0.2, -0.15) is 5.10 Å². The molecule has 21 heavy (non-hydrogen) atoms. The molecule has 0 unspecified atom stereocenters. The molecule has 1 aromatic heterocycles. The molecule has 0 saturated carbocycles. The maximum atomic E-state index is 12.5. The molecule has 0 atom stereocenters. The van der Waals surface area contributed by atoms with Gasteiger partial charge >= 0.3 is 0 Å². The number of sulfonamides is 1. The number of rotatable bonds is 8. The Morgan fingerprint density at radius 1 is 1.38 bits per heavy atom. The molecule has 0 saturated heterocycles. The lowest BCUT2D eigenvalue weighted by Crippen LogP contribution is -2.40. The topological polar surface area (TPSA) is 99.2 Å². The molecule has 0 amide bonds. The molecule has 0 radical (unpaired) electrons. The van der Waals surface area contributed by atoms with Crippen molar-refractivity contribution in [1.29, 1.82) is 0 Å². The summed E-state index contributed by atoms with van der Waals surface area (Å²) in [6, 6.07) is 0. The normalized spacial score (nSPS) is 12.9. The van der Waals surface area contributed by atoms with Crippen LogP contribution in [0.3, 0.4) is 0 Å². The fourth-order valence-electron chi connectivity index (χ4n) is 2.19. The molecule has 1 aromatic rings. The van der Waals surface area contributed by atoms with E-state index in [9.17, 15) is 8.42 Å². The van der Waals surface area contributed by atoms with Gasteiger partial charge in [0.25, 0.3) is 0 Å². The minimum absolute atomic E-state index is 0.199. The van der Waals surface area contributed by atoms with Crippen molar-refractivity contribution in [2.75, 3.05) is 19.7 Å². The van der Waals surface area contributed by atoms with E-state index in [1.165, 1.54) is 0 Å². The van der Waals surface area contributed by atoms with Crippen LogP contribution < -0.4 is 10.5 Å². The molecule has 8 heteroatoms. The predicted octanol–water partition coefficient (Wildman–Crippen LogP) is 0.552. The van der Waals surface area contributed by atoms with E-state index in [1.807, 2.05) is 20.8 Å². The molecule has 0 aliphatic rings. The lowest BCUT2D eigenvalue weighted by molar-refractivity contribution is -0.00515. The average Bonchev–Trinajstić information content (AvgIpc) is 2.63. The van der Waals surface area contributed by atoms with Gasteiger partial charge in [-0.3, -0.25) is 4.68 Å². The Labute approximate surface area is 126 Å². The highest BCUT2D eigenvalue weighted by Crippen LogP contribution is 2.20. The van der Waals surface area contributed by atoms with Crippen LogP contribution in [0.15, 0.2) is 4.90 Å². The lowest BCUT2D eigenvalue weighted by atomic mass is 10.1. The monoisotopic (exact) mass is 318 g/mol. The van der Waals surface area contributed by atoms with Crippen molar-refractivity contribution in [3.8, 4) is 0 Å². The SMILES string of the molecule is CCOC(C)(C)CNS(=O)(=O)c1c(C)nn(CCN)c1C. The molecule has 1 heterocycles. The van der Waals surface area contributed by atoms with Crippen molar-refractivity contribution >= 4 is 10.0 Å². The molecule has 0 aliphatic carbocycles. The van der Waals surface area contributed by atoms with Gasteiger partial charge in [-0.05, 0) is 34.6 Å². The fourth-order valence-corrected chi connectivity index (χ4v) is 3.80. The number of aromatic nitrogens is 2. The van der Waals surface area contributed by atoms with Crippen molar-refractivity contribution in [2.24, 2.45) is 5.73 Å². The zero-order chi connectivity index (χ0) is 16.3. The van der Waals surface area contributed by atoms with Crippen LogP contribution in [0, 0.1) is 13.8 Å². The number of hydrogen-bond acceptors (Lipinski definition) is 5. The number of nitrogens with two attached hydrogens (primary N) is 1. The molecular formula is C13H26N4O3S. The average molecular weight is 318 g/mol. The third kappa shape index (κ3) is 4.50. The third-order valence-electron chi connectivity index (χ3n) is 3.15. The van der Waals surface area contributed by atoms with Crippen LogP contribution in [0.25, 0.3) is 0 Å². The van der Waals surface area contributed by atoms with Gasteiger partial charge in [-0.15, -0.1) is 0 Å². The van der Waals surface area contributed by atoms with Crippen LogP contribution in [-0.4, -0.2) is 43.5 Å². The van der Waals surface area contributed by atoms with Crippen molar-refractivity contribution in [1.82, 2.24) is 14.5 Å². The Hall–Kier alpha value is -0.960. The summed E-state index contributed by atoms with van der Waals surface area (Å²) in [5, 5.41) is 4.23. The van der Waals surface area contributed by atoms with Crippen LogP contribution in [-0.2, 0) is 21.3 Å². The summed E-state index contributed by atoms with van der Waals surface area (Å²) in [4.78, 5) is 0.225. The molecule has 0 spiro atoms. The maximum Gasteiger partial charge on any atom is 0.244 e. The molecule has 7 nitrogen and oxygen atoms in total. The summed E-state index contributed by atoms with van der Waals surface area (Å²) in [6.45, 7) is 10.6. The van der Waals surface area contributed by atoms with Crippen molar-refractivity contribution in [3.63, 3.8) is 0 Å². The van der Waals surface area contributed by atoms with E-state index >= 15 is 0 Å². The van der Waals surface area contributed by atoms with E-state index in [-0.39, 0.29) is 11.4 Å². The van der Waals surface area contributed by atoms with Gasteiger partial charge in [0, 0.05) is 19.7 Å². The van der Waals surface area contributed by atoms with Crippen molar-refractivity contribution < 1.29 is 13.2 Å². The van der Waals surface area contributed by atoms with Crippen LogP contribution in [0.5, 0.6) is 0 Å². The minimum atomic E-state index is -3.62. The number of nitrogens with one attached hydrogen (secondary N) is 1. The van der Waals surface area contributed by atoms with E-state index in [2.05, 4.69) is 9.82 Å². The van der Waals surface area contributed by atoms with Gasteiger partial charge in [-0.25, -0.2) is 13.1 Å². The van der Waals surface area contributed by atoms with Crippen LogP contribution >= 0.6 is 0 Å². The van der Waals surface area contributed by atoms with Gasteiger partial charge in [0.05, 0.1) is 23.5 Å². The second kappa shape index (κ2) is 6.87. The summed E-state index contributed by atoms with van der Waals surface area (Å²) in [5.41, 5.74) is 6.02. The highest BCUT2D eigenvalue weighted by atomic mass is 32.2. The second-order valence-electron chi connectivity index (χ2n) is 5.53. The van der Waals surface area contributed by atoms with Crippen LogP contribution in [0.1, 0.15) is 32.2 Å². The first kappa shape index (κ1) is 18.1. The molecule has 3 N–H and O–H groups in total. The largest absolute Gasteiger partial charge is 0.375 e. The van der Waals surface area contributed by atoms with E-state index in [4.69, 9.17) is 10.5 Å². The van der Waals surface area contributed by atoms with E-state index < -0.39 is 15.6 Å². The molecular weight excluding hydrogens is 292 g/mol. The molecule has 0 fully saturated rings. The van der Waals surface area contributed by atoms with Crippen LogP contribution in [0.4, 0.5) is 0 Å². The molecule has 0 aromatic carbocycles. The number of hydrogen-bond donors (Lipinski definition) is 2. The summed E-state index contributed by atoms with van der Waals surface area (Å²) >= 11 is 0. The van der Waals surface area contributed by atoms with Gasteiger partial charge < -0.3 is 10.5 Å². The summed E-state index contributed by atoms with van der Waals surface area (Å²) in [7, 11) is -3.62. The Bertz CT molecular complexity index is 578. The van der Waals surface area contributed by atoms with E-state index in [0.717, 1.165) is 0 Å². The Morgan fingerprint density at radius 2 is 2.00 bits per heavy atom. The molecule has 122 valence electrons. The minimum Gasteiger partial charge on any atom is -0.375 e. The smallest absolute Gasteiger partial charge is 0.244 e. The number of aryl methyl sites for hydroxylation is 1. The zero-order valence-corrected chi connectivity index (χ0v) is 14.2. The highest BCUT2D eigenvalue weighted by molar-refractivity contribution is 7.89. The van der Waals surface area contributed by atoms with Crippen LogP contribution in [0.2, 0.25) is 0 Å². The van der Waals surface area contributed by atoms with Crippen molar-refractivity contribution in [3.05, 3.63) is 11.4 Å². The zero-order valence-electron chi connectivity index (χ0n) is 13.4. The number of ether oxygens (including phenoxy) is 1. The summed E-state index contributed by atoms with van der Waals surface area (Å²) in [5.74, 6) is 0. The number of nitrogens with zero attached hydrogens (tertiary/aromatic N) is 2. The predicted molar refractivity (Wildman–Crippen MR) is 81.6 cm³/mol. The first-order valence-corrected chi connectivity index (χ1v) is 8.50. The quantitative estimate of drug-likeness (QED) is 0.729. The van der Waals surface area contributed by atoms with Gasteiger partial charge in [0.2, 0.25) is 10.0 Å². The van der Waals surface area contributed by atoms with E-state index in [0.29, 0.717) is 31.1 Å². The van der Waals surface area contributed by atoms with Gasteiger partial charge in [0.1, 0.15) is 4.90 Å². The summed E-state index contributed by atoms with van der Waals surface area (Å²) < 4.78 is 34.7. The Balaban J connectivity index is 2.98.